The Morgan fingerprint density at radius 2 is 2.00 bits per heavy atom. The van der Waals surface area contributed by atoms with Crippen LogP contribution in [0.4, 0.5) is 0 Å². The monoisotopic (exact) mass is 220 g/mol. The maximum atomic E-state index is 5.62. The molecular weight excluding hydrogens is 196 g/mol. The minimum atomic E-state index is 0.785. The lowest BCUT2D eigenvalue weighted by molar-refractivity contribution is 0.230. The Morgan fingerprint density at radius 3 is 2.62 bits per heavy atom. The number of hydrogen-bond donors (Lipinski definition) is 0. The summed E-state index contributed by atoms with van der Waals surface area (Å²) in [5.41, 5.74) is 0. The van der Waals surface area contributed by atoms with Crippen LogP contribution in [0.1, 0.15) is 46.0 Å². The van der Waals surface area contributed by atoms with Gasteiger partial charge in [0.25, 0.3) is 0 Å². The minimum absolute atomic E-state index is 0.785. The summed E-state index contributed by atoms with van der Waals surface area (Å²) in [5, 5.41) is 0. The summed E-state index contributed by atoms with van der Waals surface area (Å²) >= 11 is 0. The Kier molecular flexibility index (Phi) is 6.71. The van der Waals surface area contributed by atoms with Gasteiger partial charge < -0.3 is 4.74 Å². The second-order valence-electron chi connectivity index (χ2n) is 4.30. The Hall–Kier alpha value is -0.980. The van der Waals surface area contributed by atoms with Gasteiger partial charge in [0.2, 0.25) is 0 Å². The SMILES string of the molecule is C/C=C\C(=C/C)OCC/C=C/C1CCCC1. The molecule has 0 amide bonds. The van der Waals surface area contributed by atoms with Crippen LogP contribution in [-0.2, 0) is 4.74 Å². The first-order valence-electron chi connectivity index (χ1n) is 6.45. The molecule has 1 saturated carbocycles. The molecule has 0 bridgehead atoms. The van der Waals surface area contributed by atoms with E-state index < -0.39 is 0 Å². The minimum Gasteiger partial charge on any atom is -0.494 e. The third kappa shape index (κ3) is 5.20. The standard InChI is InChI=1S/C15H24O/c1-3-9-15(4-2)16-13-8-7-12-14-10-5-6-11-14/h3-4,7,9,12,14H,5-6,8,10-11,13H2,1-2H3/b9-3-,12-7+,15-4+. The Bertz CT molecular complexity index is 255. The van der Waals surface area contributed by atoms with Crippen molar-refractivity contribution in [2.24, 2.45) is 5.92 Å². The maximum Gasteiger partial charge on any atom is 0.114 e. The highest BCUT2D eigenvalue weighted by Crippen LogP contribution is 2.25. The van der Waals surface area contributed by atoms with E-state index in [4.69, 9.17) is 4.74 Å². The molecule has 0 N–H and O–H groups in total. The van der Waals surface area contributed by atoms with E-state index in [1.54, 1.807) is 0 Å². The quantitative estimate of drug-likeness (QED) is 0.275. The summed E-state index contributed by atoms with van der Waals surface area (Å²) in [6.45, 7) is 4.80. The van der Waals surface area contributed by atoms with E-state index >= 15 is 0 Å². The summed E-state index contributed by atoms with van der Waals surface area (Å²) in [6, 6.07) is 0. The van der Waals surface area contributed by atoms with E-state index in [-0.39, 0.29) is 0 Å². The first kappa shape index (κ1) is 13.1. The van der Waals surface area contributed by atoms with Crippen LogP contribution < -0.4 is 0 Å². The molecule has 0 spiro atoms. The first-order chi connectivity index (χ1) is 7.86. The molecule has 0 saturated heterocycles. The predicted octanol–water partition coefficient (Wildman–Crippen LogP) is 4.62. The van der Waals surface area contributed by atoms with Crippen LogP contribution in [-0.4, -0.2) is 6.61 Å². The Morgan fingerprint density at radius 1 is 1.25 bits per heavy atom. The fourth-order valence-corrected chi connectivity index (χ4v) is 2.08. The largest absolute Gasteiger partial charge is 0.494 e. The molecule has 0 aliphatic heterocycles. The molecule has 0 aromatic heterocycles. The van der Waals surface area contributed by atoms with Gasteiger partial charge in [0, 0.05) is 0 Å². The van der Waals surface area contributed by atoms with Crippen molar-refractivity contribution in [2.45, 2.75) is 46.0 Å². The Labute approximate surface area is 99.9 Å². The normalized spacial score (nSPS) is 19.0. The van der Waals surface area contributed by atoms with Gasteiger partial charge in [0.15, 0.2) is 0 Å². The molecule has 1 fully saturated rings. The van der Waals surface area contributed by atoms with Crippen molar-refractivity contribution >= 4 is 0 Å². The molecule has 1 rings (SSSR count). The van der Waals surface area contributed by atoms with E-state index in [0.717, 1.165) is 24.7 Å². The number of hydrogen-bond acceptors (Lipinski definition) is 1. The van der Waals surface area contributed by atoms with E-state index in [2.05, 4.69) is 12.2 Å². The van der Waals surface area contributed by atoms with Crippen molar-refractivity contribution in [1.82, 2.24) is 0 Å². The van der Waals surface area contributed by atoms with Crippen molar-refractivity contribution < 1.29 is 4.74 Å². The van der Waals surface area contributed by atoms with E-state index in [0.29, 0.717) is 0 Å². The smallest absolute Gasteiger partial charge is 0.114 e. The van der Waals surface area contributed by atoms with Crippen molar-refractivity contribution in [1.29, 1.82) is 0 Å². The summed E-state index contributed by atoms with van der Waals surface area (Å²) in [5.74, 6) is 1.81. The van der Waals surface area contributed by atoms with Gasteiger partial charge in [-0.2, -0.15) is 0 Å². The highest BCUT2D eigenvalue weighted by molar-refractivity contribution is 5.09. The lowest BCUT2D eigenvalue weighted by Crippen LogP contribution is -1.92. The molecule has 0 unspecified atom stereocenters. The fourth-order valence-electron chi connectivity index (χ4n) is 2.08. The molecule has 16 heavy (non-hydrogen) atoms. The van der Waals surface area contributed by atoms with Gasteiger partial charge in [-0.05, 0) is 51.2 Å². The zero-order valence-electron chi connectivity index (χ0n) is 10.6. The van der Waals surface area contributed by atoms with Crippen molar-refractivity contribution in [3.8, 4) is 0 Å². The number of ether oxygens (including phenoxy) is 1. The number of allylic oxidation sites excluding steroid dienone is 4. The molecule has 1 aliphatic rings. The van der Waals surface area contributed by atoms with Crippen LogP contribution in [0.2, 0.25) is 0 Å². The lowest BCUT2D eigenvalue weighted by Gasteiger charge is -2.05. The molecule has 0 radical (unpaired) electrons. The second kappa shape index (κ2) is 8.20. The topological polar surface area (TPSA) is 9.23 Å². The molecule has 1 heteroatoms. The highest BCUT2D eigenvalue weighted by Gasteiger charge is 2.10. The van der Waals surface area contributed by atoms with E-state index in [1.807, 2.05) is 32.1 Å². The van der Waals surface area contributed by atoms with Crippen LogP contribution in [0, 0.1) is 5.92 Å². The van der Waals surface area contributed by atoms with Crippen LogP contribution in [0.5, 0.6) is 0 Å². The summed E-state index contributed by atoms with van der Waals surface area (Å²) in [7, 11) is 0. The Balaban J connectivity index is 2.10. The molecular formula is C15H24O. The summed E-state index contributed by atoms with van der Waals surface area (Å²) < 4.78 is 5.62. The zero-order chi connectivity index (χ0) is 11.6. The first-order valence-corrected chi connectivity index (χ1v) is 6.45. The average molecular weight is 220 g/mol. The van der Waals surface area contributed by atoms with Gasteiger partial charge in [0.05, 0.1) is 6.61 Å². The van der Waals surface area contributed by atoms with Crippen molar-refractivity contribution in [3.63, 3.8) is 0 Å². The van der Waals surface area contributed by atoms with Gasteiger partial charge in [0.1, 0.15) is 5.76 Å². The van der Waals surface area contributed by atoms with Crippen LogP contribution in [0.15, 0.2) is 36.1 Å². The predicted molar refractivity (Wildman–Crippen MR) is 70.2 cm³/mol. The highest BCUT2D eigenvalue weighted by atomic mass is 16.5. The van der Waals surface area contributed by atoms with Crippen molar-refractivity contribution in [3.05, 3.63) is 36.1 Å². The van der Waals surface area contributed by atoms with Gasteiger partial charge in [-0.15, -0.1) is 0 Å². The van der Waals surface area contributed by atoms with Crippen LogP contribution in [0.3, 0.4) is 0 Å². The van der Waals surface area contributed by atoms with Crippen LogP contribution >= 0.6 is 0 Å². The molecule has 90 valence electrons. The molecule has 0 atom stereocenters. The number of rotatable bonds is 6. The van der Waals surface area contributed by atoms with E-state index in [9.17, 15) is 0 Å². The van der Waals surface area contributed by atoms with Gasteiger partial charge in [-0.1, -0.05) is 31.1 Å². The maximum absolute atomic E-state index is 5.62. The fraction of sp³-hybridized carbons (Fsp3) is 0.600. The molecule has 0 aromatic carbocycles. The van der Waals surface area contributed by atoms with Crippen molar-refractivity contribution in [2.75, 3.05) is 6.61 Å². The zero-order valence-corrected chi connectivity index (χ0v) is 10.6. The van der Waals surface area contributed by atoms with E-state index in [1.165, 1.54) is 25.7 Å². The summed E-state index contributed by atoms with van der Waals surface area (Å²) in [6.07, 6.45) is 17.3. The van der Waals surface area contributed by atoms with Crippen LogP contribution in [0.25, 0.3) is 0 Å². The average Bonchev–Trinajstić information content (AvgIpc) is 2.80. The molecule has 1 aliphatic carbocycles. The van der Waals surface area contributed by atoms with Gasteiger partial charge >= 0.3 is 0 Å². The molecule has 0 aromatic rings. The summed E-state index contributed by atoms with van der Waals surface area (Å²) in [4.78, 5) is 0. The van der Waals surface area contributed by atoms with Gasteiger partial charge in [-0.3, -0.25) is 0 Å². The molecule has 1 nitrogen and oxygen atoms in total. The third-order valence-corrected chi connectivity index (χ3v) is 2.98. The lowest BCUT2D eigenvalue weighted by atomic mass is 10.1. The molecule has 0 heterocycles. The van der Waals surface area contributed by atoms with Gasteiger partial charge in [-0.25, -0.2) is 0 Å². The second-order valence-corrected chi connectivity index (χ2v) is 4.30. The third-order valence-electron chi connectivity index (χ3n) is 2.98.